The summed E-state index contributed by atoms with van der Waals surface area (Å²) in [5.41, 5.74) is 3.14. The molecule has 0 N–H and O–H groups in total. The topological polar surface area (TPSA) is 26.3 Å². The largest absolute Gasteiger partial charge is 0.497 e. The number of methoxy groups -OCH3 is 1. The second-order valence-electron chi connectivity index (χ2n) is 5.28. The van der Waals surface area contributed by atoms with E-state index in [4.69, 9.17) is 4.74 Å². The van der Waals surface area contributed by atoms with Crippen molar-refractivity contribution in [2.24, 2.45) is 0 Å². The van der Waals surface area contributed by atoms with Crippen molar-refractivity contribution in [2.75, 3.05) is 7.11 Å². The summed E-state index contributed by atoms with van der Waals surface area (Å²) in [6.45, 7) is 1.96. The second-order valence-corrected chi connectivity index (χ2v) is 6.41. The van der Waals surface area contributed by atoms with Gasteiger partial charge in [-0.25, -0.2) is 0 Å². The van der Waals surface area contributed by atoms with Gasteiger partial charge in [0.25, 0.3) is 0 Å². The zero-order valence-corrected chi connectivity index (χ0v) is 12.7. The first-order valence-electron chi connectivity index (χ1n) is 7.00. The molecule has 1 aliphatic rings. The Morgan fingerprint density at radius 1 is 1.20 bits per heavy atom. The second kappa shape index (κ2) is 5.41. The van der Waals surface area contributed by atoms with Gasteiger partial charge in [0, 0.05) is 10.4 Å². The Morgan fingerprint density at radius 2 is 2.00 bits per heavy atom. The van der Waals surface area contributed by atoms with E-state index < -0.39 is 0 Å². The lowest BCUT2D eigenvalue weighted by molar-refractivity contribution is 0.104. The number of rotatable bonds is 3. The number of carbonyl (C=O) groups is 1. The first-order chi connectivity index (χ1) is 9.69. The number of ketones is 1. The van der Waals surface area contributed by atoms with Crippen LogP contribution in [0, 0.1) is 6.92 Å². The third-order valence-electron chi connectivity index (χ3n) is 3.90. The summed E-state index contributed by atoms with van der Waals surface area (Å²) < 4.78 is 5.19. The van der Waals surface area contributed by atoms with Gasteiger partial charge in [0.15, 0.2) is 0 Å². The van der Waals surface area contributed by atoms with Crippen LogP contribution in [0.15, 0.2) is 24.3 Å². The maximum Gasteiger partial charge on any atom is 0.203 e. The summed E-state index contributed by atoms with van der Waals surface area (Å²) in [5.74, 6) is 0.939. The Balaban J connectivity index is 1.94. The normalized spacial score (nSPS) is 13.9. The minimum absolute atomic E-state index is 0.143. The Bertz CT molecular complexity index is 632. The van der Waals surface area contributed by atoms with E-state index in [1.807, 2.05) is 25.1 Å². The van der Waals surface area contributed by atoms with Crippen LogP contribution < -0.4 is 4.74 Å². The summed E-state index contributed by atoms with van der Waals surface area (Å²) in [6.07, 6.45) is 4.76. The highest BCUT2D eigenvalue weighted by molar-refractivity contribution is 7.14. The molecule has 0 atom stereocenters. The number of hydrogen-bond acceptors (Lipinski definition) is 3. The quantitative estimate of drug-likeness (QED) is 0.791. The summed E-state index contributed by atoms with van der Waals surface area (Å²) in [4.78, 5) is 14.9. The smallest absolute Gasteiger partial charge is 0.203 e. The van der Waals surface area contributed by atoms with Crippen LogP contribution in [0.3, 0.4) is 0 Å². The van der Waals surface area contributed by atoms with Crippen LogP contribution in [0.4, 0.5) is 0 Å². The molecule has 1 aliphatic carbocycles. The van der Waals surface area contributed by atoms with Crippen molar-refractivity contribution in [3.05, 3.63) is 50.7 Å². The fraction of sp³-hybridized carbons (Fsp3) is 0.353. The van der Waals surface area contributed by atoms with Crippen LogP contribution in [0.5, 0.6) is 5.75 Å². The van der Waals surface area contributed by atoms with Crippen molar-refractivity contribution in [1.82, 2.24) is 0 Å². The van der Waals surface area contributed by atoms with E-state index in [1.165, 1.54) is 23.3 Å². The highest BCUT2D eigenvalue weighted by atomic mass is 32.1. The molecule has 2 nitrogen and oxygen atoms in total. The standard InChI is InChI=1S/C17H18O2S/c1-11-9-13(19-2)7-8-14(11)17(18)16-10-12-5-3-4-6-15(12)20-16/h7-10H,3-6H2,1-2H3. The molecule has 0 radical (unpaired) electrons. The monoisotopic (exact) mass is 286 g/mol. The molecule has 104 valence electrons. The molecule has 0 spiro atoms. The van der Waals surface area contributed by atoms with Crippen molar-refractivity contribution < 1.29 is 9.53 Å². The van der Waals surface area contributed by atoms with Gasteiger partial charge in [-0.2, -0.15) is 0 Å². The van der Waals surface area contributed by atoms with Crippen LogP contribution >= 0.6 is 11.3 Å². The number of ether oxygens (including phenoxy) is 1. The molecule has 20 heavy (non-hydrogen) atoms. The lowest BCUT2D eigenvalue weighted by Gasteiger charge is -2.08. The molecule has 3 rings (SSSR count). The first-order valence-corrected chi connectivity index (χ1v) is 7.81. The predicted octanol–water partition coefficient (Wildman–Crippen LogP) is 4.17. The van der Waals surface area contributed by atoms with Gasteiger partial charge in [0.1, 0.15) is 5.75 Å². The fourth-order valence-corrected chi connectivity index (χ4v) is 3.96. The van der Waals surface area contributed by atoms with E-state index in [1.54, 1.807) is 18.4 Å². The predicted molar refractivity (Wildman–Crippen MR) is 82.1 cm³/mol. The summed E-state index contributed by atoms with van der Waals surface area (Å²) in [6, 6.07) is 7.74. The van der Waals surface area contributed by atoms with E-state index in [9.17, 15) is 4.79 Å². The lowest BCUT2D eigenvalue weighted by atomic mass is 9.98. The molecule has 0 fully saturated rings. The van der Waals surface area contributed by atoms with E-state index in [0.29, 0.717) is 0 Å². The molecule has 0 unspecified atom stereocenters. The Labute approximate surface area is 123 Å². The lowest BCUT2D eigenvalue weighted by Crippen LogP contribution is -2.01. The highest BCUT2D eigenvalue weighted by Gasteiger charge is 2.19. The van der Waals surface area contributed by atoms with Crippen LogP contribution in [-0.2, 0) is 12.8 Å². The fourth-order valence-electron chi connectivity index (χ4n) is 2.75. The van der Waals surface area contributed by atoms with Gasteiger partial charge in [-0.1, -0.05) is 0 Å². The molecule has 3 heteroatoms. The maximum absolute atomic E-state index is 12.7. The SMILES string of the molecule is COc1ccc(C(=O)c2cc3c(s2)CCCC3)c(C)c1. The van der Waals surface area contributed by atoms with Gasteiger partial charge < -0.3 is 4.74 Å². The summed E-state index contributed by atoms with van der Waals surface area (Å²) in [5, 5.41) is 0. The number of fused-ring (bicyclic) bond motifs is 1. The molecule has 0 bridgehead atoms. The Kier molecular flexibility index (Phi) is 3.62. The van der Waals surface area contributed by atoms with E-state index in [2.05, 4.69) is 6.07 Å². The van der Waals surface area contributed by atoms with Gasteiger partial charge >= 0.3 is 0 Å². The van der Waals surface area contributed by atoms with E-state index in [0.717, 1.165) is 34.6 Å². The maximum atomic E-state index is 12.7. The van der Waals surface area contributed by atoms with Crippen molar-refractivity contribution in [3.8, 4) is 5.75 Å². The number of benzene rings is 1. The van der Waals surface area contributed by atoms with Crippen LogP contribution in [-0.4, -0.2) is 12.9 Å². The average Bonchev–Trinajstić information content (AvgIpc) is 2.90. The van der Waals surface area contributed by atoms with E-state index >= 15 is 0 Å². The number of aryl methyl sites for hydroxylation is 3. The molecule has 0 saturated heterocycles. The Morgan fingerprint density at radius 3 is 2.70 bits per heavy atom. The zero-order valence-electron chi connectivity index (χ0n) is 11.9. The highest BCUT2D eigenvalue weighted by Crippen LogP contribution is 2.31. The number of thiophene rings is 1. The van der Waals surface area contributed by atoms with Crippen LogP contribution in [0.2, 0.25) is 0 Å². The van der Waals surface area contributed by atoms with Gasteiger partial charge in [0.05, 0.1) is 12.0 Å². The molecule has 0 saturated carbocycles. The molecule has 0 amide bonds. The molecule has 1 aromatic carbocycles. The van der Waals surface area contributed by atoms with Gasteiger partial charge in [-0.05, 0) is 68.0 Å². The Hall–Kier alpha value is -1.61. The summed E-state index contributed by atoms with van der Waals surface area (Å²) in [7, 11) is 1.64. The first kappa shape index (κ1) is 13.4. The minimum Gasteiger partial charge on any atom is -0.497 e. The summed E-state index contributed by atoms with van der Waals surface area (Å²) >= 11 is 1.68. The van der Waals surface area contributed by atoms with Crippen molar-refractivity contribution in [2.45, 2.75) is 32.6 Å². The van der Waals surface area contributed by atoms with Crippen molar-refractivity contribution >= 4 is 17.1 Å². The molecule has 1 heterocycles. The van der Waals surface area contributed by atoms with Crippen molar-refractivity contribution in [3.63, 3.8) is 0 Å². The van der Waals surface area contributed by atoms with Gasteiger partial charge in [0.2, 0.25) is 5.78 Å². The molecular formula is C17H18O2S. The molecule has 0 aliphatic heterocycles. The minimum atomic E-state index is 0.143. The average molecular weight is 286 g/mol. The zero-order chi connectivity index (χ0) is 14.1. The van der Waals surface area contributed by atoms with Crippen molar-refractivity contribution in [1.29, 1.82) is 0 Å². The van der Waals surface area contributed by atoms with Crippen LogP contribution in [0.25, 0.3) is 0 Å². The van der Waals surface area contributed by atoms with Gasteiger partial charge in [-0.3, -0.25) is 4.79 Å². The number of carbonyl (C=O) groups excluding carboxylic acids is 1. The van der Waals surface area contributed by atoms with Crippen LogP contribution in [0.1, 0.15) is 44.1 Å². The van der Waals surface area contributed by atoms with Gasteiger partial charge in [-0.15, -0.1) is 11.3 Å². The van der Waals surface area contributed by atoms with E-state index in [-0.39, 0.29) is 5.78 Å². The number of hydrogen-bond donors (Lipinski definition) is 0. The molecule has 2 aromatic rings. The third kappa shape index (κ3) is 2.38. The third-order valence-corrected chi connectivity index (χ3v) is 5.13. The molecule has 1 aromatic heterocycles. The molecular weight excluding hydrogens is 268 g/mol.